The van der Waals surface area contributed by atoms with Crippen LogP contribution in [0.2, 0.25) is 0 Å². The number of hydrogen-bond acceptors (Lipinski definition) is 1. The first-order valence-electron chi connectivity index (χ1n) is 7.62. The number of halogens is 1. The van der Waals surface area contributed by atoms with Gasteiger partial charge in [0.05, 0.1) is 5.54 Å². The average molecular weight is 314 g/mol. The predicted octanol–water partition coefficient (Wildman–Crippen LogP) is 4.81. The highest BCUT2D eigenvalue weighted by Gasteiger charge is 2.23. The number of nitrogens with one attached hydrogen (secondary N) is 2. The number of aryl methyl sites for hydroxylation is 3. The number of anilines is 1. The van der Waals surface area contributed by atoms with Crippen molar-refractivity contribution in [2.45, 2.75) is 40.2 Å². The first kappa shape index (κ1) is 17.0. The standard InChI is InChI=1S/C19H23FN2O/c1-12-10-13(2)17(14(3)11-12)21-18(23)22-19(4,5)15-6-8-16(20)9-7-15/h6-11H,1-5H3,(H2,21,22,23). The third-order valence-corrected chi connectivity index (χ3v) is 3.91. The molecule has 2 aromatic rings. The van der Waals surface area contributed by atoms with Crippen molar-refractivity contribution < 1.29 is 9.18 Å². The average Bonchev–Trinajstić information content (AvgIpc) is 2.42. The summed E-state index contributed by atoms with van der Waals surface area (Å²) < 4.78 is 13.0. The van der Waals surface area contributed by atoms with Gasteiger partial charge in [0.25, 0.3) is 0 Å². The number of benzene rings is 2. The van der Waals surface area contributed by atoms with Gasteiger partial charge in [0, 0.05) is 5.69 Å². The molecule has 23 heavy (non-hydrogen) atoms. The molecule has 122 valence electrons. The maximum atomic E-state index is 13.0. The molecule has 0 spiro atoms. The van der Waals surface area contributed by atoms with Gasteiger partial charge in [-0.3, -0.25) is 0 Å². The molecule has 2 amide bonds. The lowest BCUT2D eigenvalue weighted by Crippen LogP contribution is -2.43. The van der Waals surface area contributed by atoms with Crippen LogP contribution in [0.1, 0.15) is 36.1 Å². The van der Waals surface area contributed by atoms with Crippen LogP contribution in [0.4, 0.5) is 14.9 Å². The molecule has 0 fully saturated rings. The van der Waals surface area contributed by atoms with Crippen LogP contribution in [0.25, 0.3) is 0 Å². The van der Waals surface area contributed by atoms with Crippen molar-refractivity contribution in [3.63, 3.8) is 0 Å². The second-order valence-electron chi connectivity index (χ2n) is 6.48. The zero-order valence-corrected chi connectivity index (χ0v) is 14.3. The van der Waals surface area contributed by atoms with E-state index in [0.29, 0.717) is 0 Å². The maximum absolute atomic E-state index is 13.0. The lowest BCUT2D eigenvalue weighted by atomic mass is 9.94. The number of carbonyl (C=O) groups is 1. The van der Waals surface area contributed by atoms with E-state index in [1.54, 1.807) is 12.1 Å². The van der Waals surface area contributed by atoms with E-state index in [-0.39, 0.29) is 11.8 Å². The summed E-state index contributed by atoms with van der Waals surface area (Å²) in [5, 5.41) is 5.86. The second-order valence-corrected chi connectivity index (χ2v) is 6.48. The lowest BCUT2D eigenvalue weighted by molar-refractivity contribution is 0.242. The monoisotopic (exact) mass is 314 g/mol. The second kappa shape index (κ2) is 6.41. The van der Waals surface area contributed by atoms with Crippen molar-refractivity contribution in [2.75, 3.05) is 5.32 Å². The molecule has 0 saturated carbocycles. The van der Waals surface area contributed by atoms with Crippen LogP contribution in [0.3, 0.4) is 0 Å². The molecule has 0 aliphatic carbocycles. The third kappa shape index (κ3) is 4.09. The summed E-state index contributed by atoms with van der Waals surface area (Å²) in [5.41, 5.74) is 4.27. The fraction of sp³-hybridized carbons (Fsp3) is 0.316. The molecule has 0 unspecified atom stereocenters. The van der Waals surface area contributed by atoms with Crippen LogP contribution in [-0.4, -0.2) is 6.03 Å². The molecule has 4 heteroatoms. The predicted molar refractivity (Wildman–Crippen MR) is 92.2 cm³/mol. The smallest absolute Gasteiger partial charge is 0.319 e. The highest BCUT2D eigenvalue weighted by molar-refractivity contribution is 5.91. The number of rotatable bonds is 3. The molecule has 3 nitrogen and oxygen atoms in total. The number of urea groups is 1. The minimum atomic E-state index is -0.607. The lowest BCUT2D eigenvalue weighted by Gasteiger charge is -2.27. The molecule has 0 aliphatic heterocycles. The Bertz CT molecular complexity index is 698. The van der Waals surface area contributed by atoms with Gasteiger partial charge >= 0.3 is 6.03 Å². The van der Waals surface area contributed by atoms with Crippen molar-refractivity contribution in [3.8, 4) is 0 Å². The first-order chi connectivity index (χ1) is 10.7. The van der Waals surface area contributed by atoms with Gasteiger partial charge in [0.2, 0.25) is 0 Å². The molecular formula is C19H23FN2O. The Morgan fingerprint density at radius 1 is 1.00 bits per heavy atom. The topological polar surface area (TPSA) is 41.1 Å². The van der Waals surface area contributed by atoms with Gasteiger partial charge in [-0.1, -0.05) is 29.8 Å². The molecule has 0 bridgehead atoms. The minimum absolute atomic E-state index is 0.283. The van der Waals surface area contributed by atoms with Crippen LogP contribution < -0.4 is 10.6 Å². The van der Waals surface area contributed by atoms with Crippen molar-refractivity contribution in [1.82, 2.24) is 5.32 Å². The van der Waals surface area contributed by atoms with Crippen LogP contribution in [0, 0.1) is 26.6 Å². The molecule has 0 radical (unpaired) electrons. The zero-order chi connectivity index (χ0) is 17.2. The van der Waals surface area contributed by atoms with E-state index in [1.165, 1.54) is 12.1 Å². The highest BCUT2D eigenvalue weighted by Crippen LogP contribution is 2.23. The Morgan fingerprint density at radius 3 is 2.04 bits per heavy atom. The number of carbonyl (C=O) groups excluding carboxylic acids is 1. The van der Waals surface area contributed by atoms with E-state index >= 15 is 0 Å². The minimum Gasteiger partial charge on any atom is -0.329 e. The summed E-state index contributed by atoms with van der Waals surface area (Å²) in [4.78, 5) is 12.4. The Hall–Kier alpha value is -2.36. The van der Waals surface area contributed by atoms with Crippen LogP contribution in [0.15, 0.2) is 36.4 Å². The maximum Gasteiger partial charge on any atom is 0.319 e. The van der Waals surface area contributed by atoms with Gasteiger partial charge in [-0.15, -0.1) is 0 Å². The molecule has 2 rings (SSSR count). The quantitative estimate of drug-likeness (QED) is 0.839. The summed E-state index contributed by atoms with van der Waals surface area (Å²) in [5.74, 6) is -0.292. The molecule has 0 saturated heterocycles. The zero-order valence-electron chi connectivity index (χ0n) is 14.3. The fourth-order valence-electron chi connectivity index (χ4n) is 2.74. The number of hydrogen-bond donors (Lipinski definition) is 2. The normalized spacial score (nSPS) is 11.2. The molecular weight excluding hydrogens is 291 g/mol. The highest BCUT2D eigenvalue weighted by atomic mass is 19.1. The number of amides is 2. The van der Waals surface area contributed by atoms with Gasteiger partial charge in [-0.05, 0) is 63.4 Å². The molecule has 0 heterocycles. The largest absolute Gasteiger partial charge is 0.329 e. The summed E-state index contributed by atoms with van der Waals surface area (Å²) in [6.45, 7) is 9.74. The molecule has 2 aromatic carbocycles. The Balaban J connectivity index is 2.14. The van der Waals surface area contributed by atoms with E-state index in [1.807, 2.05) is 46.8 Å². The van der Waals surface area contributed by atoms with E-state index in [2.05, 4.69) is 10.6 Å². The van der Waals surface area contributed by atoms with Crippen molar-refractivity contribution in [2.24, 2.45) is 0 Å². The van der Waals surface area contributed by atoms with Crippen LogP contribution >= 0.6 is 0 Å². The Labute approximate surface area is 136 Å². The van der Waals surface area contributed by atoms with Crippen molar-refractivity contribution in [3.05, 3.63) is 64.5 Å². The van der Waals surface area contributed by atoms with Gasteiger partial charge in [-0.2, -0.15) is 0 Å². The van der Waals surface area contributed by atoms with Crippen molar-refractivity contribution >= 4 is 11.7 Å². The summed E-state index contributed by atoms with van der Waals surface area (Å²) in [6.07, 6.45) is 0. The van der Waals surface area contributed by atoms with Gasteiger partial charge in [0.15, 0.2) is 0 Å². The molecule has 0 aromatic heterocycles. The van der Waals surface area contributed by atoms with E-state index < -0.39 is 5.54 Å². The SMILES string of the molecule is Cc1cc(C)c(NC(=O)NC(C)(C)c2ccc(F)cc2)c(C)c1. The first-order valence-corrected chi connectivity index (χ1v) is 7.62. The van der Waals surface area contributed by atoms with E-state index in [0.717, 1.165) is 27.9 Å². The Morgan fingerprint density at radius 2 is 1.52 bits per heavy atom. The third-order valence-electron chi connectivity index (χ3n) is 3.91. The van der Waals surface area contributed by atoms with Crippen LogP contribution in [0.5, 0.6) is 0 Å². The summed E-state index contributed by atoms with van der Waals surface area (Å²) >= 11 is 0. The van der Waals surface area contributed by atoms with Crippen LogP contribution in [-0.2, 0) is 5.54 Å². The van der Waals surface area contributed by atoms with Gasteiger partial charge < -0.3 is 10.6 Å². The molecule has 0 aliphatic rings. The Kier molecular flexibility index (Phi) is 4.73. The molecule has 2 N–H and O–H groups in total. The van der Waals surface area contributed by atoms with E-state index in [4.69, 9.17) is 0 Å². The summed E-state index contributed by atoms with van der Waals surface area (Å²) in [6, 6.07) is 9.93. The van der Waals surface area contributed by atoms with Crippen molar-refractivity contribution in [1.29, 1.82) is 0 Å². The summed E-state index contributed by atoms with van der Waals surface area (Å²) in [7, 11) is 0. The van der Waals surface area contributed by atoms with E-state index in [9.17, 15) is 9.18 Å². The van der Waals surface area contributed by atoms with Gasteiger partial charge in [0.1, 0.15) is 5.82 Å². The molecule has 0 atom stereocenters. The van der Waals surface area contributed by atoms with Gasteiger partial charge in [-0.25, -0.2) is 9.18 Å². The fourth-order valence-corrected chi connectivity index (χ4v) is 2.74.